The summed E-state index contributed by atoms with van der Waals surface area (Å²) in [5, 5.41) is 0. The molecule has 0 bridgehead atoms. The van der Waals surface area contributed by atoms with Gasteiger partial charge in [-0.2, -0.15) is 0 Å². The molecule has 0 aliphatic carbocycles. The molecule has 0 atom stereocenters. The van der Waals surface area contributed by atoms with E-state index in [1.54, 1.807) is 6.07 Å². The van der Waals surface area contributed by atoms with Gasteiger partial charge in [0.1, 0.15) is 11.6 Å². The monoisotopic (exact) mass is 288 g/mol. The molecule has 3 aromatic rings. The average molecular weight is 288 g/mol. The molecule has 102 valence electrons. The van der Waals surface area contributed by atoms with Crippen molar-refractivity contribution in [3.63, 3.8) is 0 Å². The van der Waals surface area contributed by atoms with E-state index in [9.17, 15) is 4.39 Å². The lowest BCUT2D eigenvalue weighted by Gasteiger charge is -2.08. The molecule has 0 saturated heterocycles. The Morgan fingerprint density at radius 1 is 1.25 bits per heavy atom. The SMILES string of the molecule is CCOc1cccc(-n2c(=S)[nH]c3cc(F)ccc32)c1. The number of rotatable bonds is 3. The second-order valence-corrected chi connectivity index (χ2v) is 4.74. The van der Waals surface area contributed by atoms with Crippen LogP contribution in [-0.4, -0.2) is 16.2 Å². The Labute approximate surface area is 120 Å². The number of aromatic nitrogens is 2. The quantitative estimate of drug-likeness (QED) is 0.731. The van der Waals surface area contributed by atoms with Gasteiger partial charge in [-0.3, -0.25) is 4.57 Å². The summed E-state index contributed by atoms with van der Waals surface area (Å²) in [6.45, 7) is 2.54. The zero-order valence-electron chi connectivity index (χ0n) is 10.9. The average Bonchev–Trinajstić information content (AvgIpc) is 2.74. The van der Waals surface area contributed by atoms with Crippen molar-refractivity contribution in [2.75, 3.05) is 6.61 Å². The maximum Gasteiger partial charge on any atom is 0.182 e. The third-order valence-corrected chi connectivity index (χ3v) is 3.32. The minimum atomic E-state index is -0.288. The number of imidazole rings is 1. The van der Waals surface area contributed by atoms with Crippen molar-refractivity contribution in [1.82, 2.24) is 9.55 Å². The molecule has 3 nitrogen and oxygen atoms in total. The maximum absolute atomic E-state index is 13.3. The van der Waals surface area contributed by atoms with Crippen LogP contribution in [0.15, 0.2) is 42.5 Å². The van der Waals surface area contributed by atoms with Gasteiger partial charge in [-0.05, 0) is 49.5 Å². The number of nitrogens with one attached hydrogen (secondary N) is 1. The van der Waals surface area contributed by atoms with Crippen LogP contribution in [-0.2, 0) is 0 Å². The molecule has 1 heterocycles. The fourth-order valence-corrected chi connectivity index (χ4v) is 2.53. The van der Waals surface area contributed by atoms with Gasteiger partial charge in [0.05, 0.1) is 23.3 Å². The molecule has 0 radical (unpaired) electrons. The van der Waals surface area contributed by atoms with Crippen LogP contribution >= 0.6 is 12.2 Å². The number of nitrogens with zero attached hydrogens (tertiary/aromatic N) is 1. The van der Waals surface area contributed by atoms with Crippen molar-refractivity contribution in [1.29, 1.82) is 0 Å². The second-order valence-electron chi connectivity index (χ2n) is 4.36. The summed E-state index contributed by atoms with van der Waals surface area (Å²) in [7, 11) is 0. The first-order valence-corrected chi connectivity index (χ1v) is 6.73. The van der Waals surface area contributed by atoms with Gasteiger partial charge in [0.15, 0.2) is 4.77 Å². The lowest BCUT2D eigenvalue weighted by Crippen LogP contribution is -1.96. The minimum absolute atomic E-state index is 0.288. The van der Waals surface area contributed by atoms with E-state index in [2.05, 4.69) is 4.98 Å². The summed E-state index contributed by atoms with van der Waals surface area (Å²) < 4.78 is 21.2. The topological polar surface area (TPSA) is 29.9 Å². The molecule has 0 saturated carbocycles. The van der Waals surface area contributed by atoms with Crippen LogP contribution in [0.1, 0.15) is 6.92 Å². The first kappa shape index (κ1) is 12.9. The smallest absolute Gasteiger partial charge is 0.182 e. The molecule has 0 amide bonds. The fraction of sp³-hybridized carbons (Fsp3) is 0.133. The molecule has 2 aromatic carbocycles. The highest BCUT2D eigenvalue weighted by Crippen LogP contribution is 2.23. The molecular formula is C15H13FN2OS. The van der Waals surface area contributed by atoms with Crippen molar-refractivity contribution in [3.8, 4) is 11.4 Å². The molecule has 0 spiro atoms. The Kier molecular flexibility index (Phi) is 3.28. The predicted octanol–water partition coefficient (Wildman–Crippen LogP) is 4.23. The number of halogens is 1. The summed E-state index contributed by atoms with van der Waals surface area (Å²) in [5.41, 5.74) is 2.40. The summed E-state index contributed by atoms with van der Waals surface area (Å²) in [6, 6.07) is 12.2. The second kappa shape index (κ2) is 5.09. The Balaban J connectivity index is 2.21. The Morgan fingerprint density at radius 3 is 2.90 bits per heavy atom. The number of H-pyrrole nitrogens is 1. The minimum Gasteiger partial charge on any atom is -0.494 e. The van der Waals surface area contributed by atoms with Crippen LogP contribution in [0.4, 0.5) is 4.39 Å². The van der Waals surface area contributed by atoms with Crippen molar-refractivity contribution < 1.29 is 9.13 Å². The molecule has 5 heteroatoms. The molecule has 20 heavy (non-hydrogen) atoms. The number of benzene rings is 2. The lowest BCUT2D eigenvalue weighted by atomic mass is 10.2. The zero-order valence-corrected chi connectivity index (χ0v) is 11.7. The van der Waals surface area contributed by atoms with E-state index < -0.39 is 0 Å². The van der Waals surface area contributed by atoms with Crippen LogP contribution in [0.25, 0.3) is 16.7 Å². The van der Waals surface area contributed by atoms with Gasteiger partial charge in [0, 0.05) is 6.07 Å². The highest BCUT2D eigenvalue weighted by Gasteiger charge is 2.08. The van der Waals surface area contributed by atoms with Gasteiger partial charge < -0.3 is 9.72 Å². The number of hydrogen-bond donors (Lipinski definition) is 1. The number of ether oxygens (including phenoxy) is 1. The van der Waals surface area contributed by atoms with Gasteiger partial charge in [0.2, 0.25) is 0 Å². The first-order chi connectivity index (χ1) is 9.69. The van der Waals surface area contributed by atoms with Gasteiger partial charge in [0.25, 0.3) is 0 Å². The molecule has 3 rings (SSSR count). The lowest BCUT2D eigenvalue weighted by molar-refractivity contribution is 0.340. The Hall–Kier alpha value is -2.14. The largest absolute Gasteiger partial charge is 0.494 e. The van der Waals surface area contributed by atoms with Gasteiger partial charge in [-0.25, -0.2) is 4.39 Å². The van der Waals surface area contributed by atoms with E-state index in [0.717, 1.165) is 17.0 Å². The van der Waals surface area contributed by atoms with Crippen molar-refractivity contribution in [2.45, 2.75) is 6.92 Å². The summed E-state index contributed by atoms with van der Waals surface area (Å²) >= 11 is 5.33. The molecule has 0 fully saturated rings. The highest BCUT2D eigenvalue weighted by molar-refractivity contribution is 7.71. The van der Waals surface area contributed by atoms with Crippen LogP contribution in [0.3, 0.4) is 0 Å². The van der Waals surface area contributed by atoms with Crippen LogP contribution < -0.4 is 4.74 Å². The maximum atomic E-state index is 13.3. The number of hydrogen-bond acceptors (Lipinski definition) is 2. The van der Waals surface area contributed by atoms with Crippen LogP contribution in [0.2, 0.25) is 0 Å². The van der Waals surface area contributed by atoms with Crippen molar-refractivity contribution in [3.05, 3.63) is 53.1 Å². The van der Waals surface area contributed by atoms with Gasteiger partial charge in [-0.15, -0.1) is 0 Å². The fourth-order valence-electron chi connectivity index (χ4n) is 2.22. The van der Waals surface area contributed by atoms with E-state index in [4.69, 9.17) is 17.0 Å². The first-order valence-electron chi connectivity index (χ1n) is 6.32. The van der Waals surface area contributed by atoms with E-state index in [1.807, 2.05) is 35.8 Å². The van der Waals surface area contributed by atoms with Crippen molar-refractivity contribution >= 4 is 23.3 Å². The third kappa shape index (κ3) is 2.20. The van der Waals surface area contributed by atoms with Crippen LogP contribution in [0, 0.1) is 10.6 Å². The van der Waals surface area contributed by atoms with Crippen LogP contribution in [0.5, 0.6) is 5.75 Å². The van der Waals surface area contributed by atoms with Gasteiger partial charge in [-0.1, -0.05) is 6.07 Å². The van der Waals surface area contributed by atoms with Crippen molar-refractivity contribution in [2.24, 2.45) is 0 Å². The highest BCUT2D eigenvalue weighted by atomic mass is 32.1. The molecule has 1 aromatic heterocycles. The molecular weight excluding hydrogens is 275 g/mol. The molecule has 1 N–H and O–H groups in total. The van der Waals surface area contributed by atoms with E-state index in [-0.39, 0.29) is 5.82 Å². The summed E-state index contributed by atoms with van der Waals surface area (Å²) in [5.74, 6) is 0.493. The molecule has 0 unspecified atom stereocenters. The molecule has 0 aliphatic rings. The van der Waals surface area contributed by atoms with Gasteiger partial charge >= 0.3 is 0 Å². The predicted molar refractivity (Wildman–Crippen MR) is 79.6 cm³/mol. The zero-order chi connectivity index (χ0) is 14.1. The Morgan fingerprint density at radius 2 is 2.10 bits per heavy atom. The third-order valence-electron chi connectivity index (χ3n) is 3.03. The summed E-state index contributed by atoms with van der Waals surface area (Å²) in [4.78, 5) is 3.01. The van der Waals surface area contributed by atoms with E-state index in [0.29, 0.717) is 16.9 Å². The van der Waals surface area contributed by atoms with E-state index in [1.165, 1.54) is 12.1 Å². The van der Waals surface area contributed by atoms with E-state index >= 15 is 0 Å². The number of fused-ring (bicyclic) bond motifs is 1. The molecule has 0 aliphatic heterocycles. The Bertz CT molecular complexity index is 822. The normalized spacial score (nSPS) is 10.9. The standard InChI is InChI=1S/C15H13FN2OS/c1-2-19-12-5-3-4-11(9-12)18-14-7-6-10(16)8-13(14)17-15(18)20/h3-9H,2H2,1H3,(H,17,20). The summed E-state index contributed by atoms with van der Waals surface area (Å²) in [6.07, 6.45) is 0. The number of aromatic amines is 1.